The molecule has 0 saturated carbocycles. The van der Waals surface area contributed by atoms with E-state index in [2.05, 4.69) is 10.3 Å². The molecular weight excluding hydrogens is 353 g/mol. The molecule has 0 aliphatic rings. The fraction of sp³-hybridized carbons (Fsp3) is 0.188. The number of anilines is 1. The first kappa shape index (κ1) is 16.6. The fourth-order valence-corrected chi connectivity index (χ4v) is 3.27. The van der Waals surface area contributed by atoms with Crippen LogP contribution in [0.2, 0.25) is 5.02 Å². The molecule has 0 aliphatic heterocycles. The van der Waals surface area contributed by atoms with Gasteiger partial charge in [-0.1, -0.05) is 18.5 Å². The van der Waals surface area contributed by atoms with Gasteiger partial charge >= 0.3 is 0 Å². The molecule has 24 heavy (non-hydrogen) atoms. The van der Waals surface area contributed by atoms with Crippen molar-refractivity contribution >= 4 is 44.7 Å². The minimum Gasteiger partial charge on any atom is -0.324 e. The molecule has 0 aliphatic carbocycles. The largest absolute Gasteiger partial charge is 0.324 e. The second-order valence-electron chi connectivity index (χ2n) is 5.14. The summed E-state index contributed by atoms with van der Waals surface area (Å²) in [5.41, 5.74) is 0.00109. The lowest BCUT2D eigenvalue weighted by molar-refractivity contribution is -0.116. The van der Waals surface area contributed by atoms with Gasteiger partial charge in [0, 0.05) is 10.6 Å². The first-order chi connectivity index (χ1) is 11.5. The zero-order valence-corrected chi connectivity index (χ0v) is 14.2. The first-order valence-corrected chi connectivity index (χ1v) is 8.40. The van der Waals surface area contributed by atoms with E-state index in [0.29, 0.717) is 10.2 Å². The monoisotopic (exact) mass is 365 g/mol. The number of carbonyl (C=O) groups is 1. The second kappa shape index (κ2) is 6.70. The minimum atomic E-state index is -0.625. The van der Waals surface area contributed by atoms with E-state index in [1.165, 1.54) is 34.4 Å². The van der Waals surface area contributed by atoms with Crippen molar-refractivity contribution < 1.29 is 9.18 Å². The SMILES string of the molecule is CCc1cc2c(=O)n(CC(=O)Nc3ccc(Cl)c(F)c3)cnc2s1. The Labute approximate surface area is 145 Å². The van der Waals surface area contributed by atoms with Gasteiger partial charge in [0.05, 0.1) is 16.7 Å². The summed E-state index contributed by atoms with van der Waals surface area (Å²) < 4.78 is 14.6. The number of hydrogen-bond acceptors (Lipinski definition) is 4. The Bertz CT molecular complexity index is 983. The maximum atomic E-state index is 13.4. The van der Waals surface area contributed by atoms with Gasteiger partial charge in [0.1, 0.15) is 17.2 Å². The molecule has 0 fully saturated rings. The van der Waals surface area contributed by atoms with E-state index in [0.717, 1.165) is 17.4 Å². The summed E-state index contributed by atoms with van der Waals surface area (Å²) >= 11 is 7.06. The van der Waals surface area contributed by atoms with Crippen LogP contribution in [0.25, 0.3) is 10.2 Å². The van der Waals surface area contributed by atoms with Crippen molar-refractivity contribution in [3.63, 3.8) is 0 Å². The Kier molecular flexibility index (Phi) is 4.64. The summed E-state index contributed by atoms with van der Waals surface area (Å²) in [5.74, 6) is -1.08. The number of hydrogen-bond donors (Lipinski definition) is 1. The zero-order chi connectivity index (χ0) is 17.3. The van der Waals surface area contributed by atoms with Crippen molar-refractivity contribution in [2.24, 2.45) is 0 Å². The molecule has 0 bridgehead atoms. The van der Waals surface area contributed by atoms with E-state index < -0.39 is 11.7 Å². The lowest BCUT2D eigenvalue weighted by atomic mass is 10.3. The molecule has 3 rings (SSSR count). The highest BCUT2D eigenvalue weighted by atomic mass is 35.5. The van der Waals surface area contributed by atoms with Crippen LogP contribution in [0.1, 0.15) is 11.8 Å². The summed E-state index contributed by atoms with van der Waals surface area (Å²) in [6, 6.07) is 5.76. The first-order valence-electron chi connectivity index (χ1n) is 7.20. The van der Waals surface area contributed by atoms with E-state index >= 15 is 0 Å². The lowest BCUT2D eigenvalue weighted by Gasteiger charge is -2.07. The van der Waals surface area contributed by atoms with Crippen molar-refractivity contribution in [1.82, 2.24) is 9.55 Å². The molecule has 0 atom stereocenters. The lowest BCUT2D eigenvalue weighted by Crippen LogP contribution is -2.27. The summed E-state index contributed by atoms with van der Waals surface area (Å²) in [5, 5.41) is 3.01. The molecular formula is C16H13ClFN3O2S. The van der Waals surface area contributed by atoms with E-state index in [9.17, 15) is 14.0 Å². The summed E-state index contributed by atoms with van der Waals surface area (Å²) in [4.78, 5) is 30.4. The standard InChI is InChI=1S/C16H13ClFN3O2S/c1-2-10-6-11-15(24-10)19-8-21(16(11)23)7-14(22)20-9-3-4-12(17)13(18)5-9/h3-6,8H,2,7H2,1H3,(H,20,22). The van der Waals surface area contributed by atoms with Gasteiger partial charge in [-0.05, 0) is 30.7 Å². The predicted molar refractivity (Wildman–Crippen MR) is 93.3 cm³/mol. The van der Waals surface area contributed by atoms with E-state index in [4.69, 9.17) is 11.6 Å². The van der Waals surface area contributed by atoms with Crippen LogP contribution in [-0.4, -0.2) is 15.5 Å². The van der Waals surface area contributed by atoms with Crippen LogP contribution in [-0.2, 0) is 17.8 Å². The van der Waals surface area contributed by atoms with Crippen molar-refractivity contribution in [2.45, 2.75) is 19.9 Å². The topological polar surface area (TPSA) is 64.0 Å². The number of thiophene rings is 1. The van der Waals surface area contributed by atoms with Crippen LogP contribution in [0.15, 0.2) is 35.4 Å². The molecule has 2 aromatic heterocycles. The van der Waals surface area contributed by atoms with Crippen LogP contribution in [0.5, 0.6) is 0 Å². The number of nitrogens with one attached hydrogen (secondary N) is 1. The zero-order valence-electron chi connectivity index (χ0n) is 12.7. The Morgan fingerprint density at radius 2 is 2.21 bits per heavy atom. The maximum Gasteiger partial charge on any atom is 0.262 e. The Balaban J connectivity index is 1.81. The van der Waals surface area contributed by atoms with Crippen LogP contribution in [0.3, 0.4) is 0 Å². The smallest absolute Gasteiger partial charge is 0.262 e. The van der Waals surface area contributed by atoms with Crippen molar-refractivity contribution in [1.29, 1.82) is 0 Å². The van der Waals surface area contributed by atoms with Gasteiger partial charge in [0.2, 0.25) is 5.91 Å². The van der Waals surface area contributed by atoms with Crippen molar-refractivity contribution in [3.8, 4) is 0 Å². The number of aryl methyl sites for hydroxylation is 1. The van der Waals surface area contributed by atoms with Crippen LogP contribution >= 0.6 is 22.9 Å². The molecule has 1 amide bonds. The molecule has 0 spiro atoms. The van der Waals surface area contributed by atoms with Gasteiger partial charge in [-0.3, -0.25) is 14.2 Å². The van der Waals surface area contributed by atoms with E-state index in [-0.39, 0.29) is 22.8 Å². The third-order valence-electron chi connectivity index (χ3n) is 3.43. The number of nitrogens with zero attached hydrogens (tertiary/aromatic N) is 2. The summed E-state index contributed by atoms with van der Waals surface area (Å²) in [6.45, 7) is 1.80. The number of carbonyl (C=O) groups excluding carboxylic acids is 1. The van der Waals surface area contributed by atoms with Gasteiger partial charge < -0.3 is 5.32 Å². The Hall–Kier alpha value is -2.25. The van der Waals surface area contributed by atoms with Gasteiger partial charge in [-0.25, -0.2) is 9.37 Å². The minimum absolute atomic E-state index is 0.0249. The molecule has 1 aromatic carbocycles. The molecule has 0 unspecified atom stereocenters. The molecule has 2 heterocycles. The molecule has 0 saturated heterocycles. The highest BCUT2D eigenvalue weighted by molar-refractivity contribution is 7.18. The molecule has 124 valence electrons. The van der Waals surface area contributed by atoms with Crippen LogP contribution in [0.4, 0.5) is 10.1 Å². The number of halogens is 2. The Morgan fingerprint density at radius 1 is 1.42 bits per heavy atom. The summed E-state index contributed by atoms with van der Waals surface area (Å²) in [7, 11) is 0. The number of amides is 1. The molecule has 0 radical (unpaired) electrons. The van der Waals surface area contributed by atoms with Gasteiger partial charge in [0.25, 0.3) is 5.56 Å². The fourth-order valence-electron chi connectivity index (χ4n) is 2.23. The summed E-state index contributed by atoms with van der Waals surface area (Å²) in [6.07, 6.45) is 2.17. The number of aromatic nitrogens is 2. The average Bonchev–Trinajstić information content (AvgIpc) is 2.98. The third kappa shape index (κ3) is 3.32. The van der Waals surface area contributed by atoms with Gasteiger partial charge in [-0.2, -0.15) is 0 Å². The molecule has 1 N–H and O–H groups in total. The highest BCUT2D eigenvalue weighted by Gasteiger charge is 2.11. The quantitative estimate of drug-likeness (QED) is 0.770. The van der Waals surface area contributed by atoms with Gasteiger partial charge in [-0.15, -0.1) is 11.3 Å². The number of fused-ring (bicyclic) bond motifs is 1. The molecule has 3 aromatic rings. The average molecular weight is 366 g/mol. The van der Waals surface area contributed by atoms with E-state index in [1.54, 1.807) is 6.07 Å². The normalized spacial score (nSPS) is 11.0. The third-order valence-corrected chi connectivity index (χ3v) is 4.93. The maximum absolute atomic E-state index is 13.4. The number of benzene rings is 1. The molecule has 5 nitrogen and oxygen atoms in total. The van der Waals surface area contributed by atoms with Gasteiger partial charge in [0.15, 0.2) is 0 Å². The highest BCUT2D eigenvalue weighted by Crippen LogP contribution is 2.21. The predicted octanol–water partition coefficient (Wildman–Crippen LogP) is 3.45. The van der Waals surface area contributed by atoms with E-state index in [1.807, 2.05) is 6.92 Å². The molecule has 8 heteroatoms. The Morgan fingerprint density at radius 3 is 2.92 bits per heavy atom. The number of rotatable bonds is 4. The van der Waals surface area contributed by atoms with Crippen molar-refractivity contribution in [3.05, 3.63) is 56.7 Å². The second-order valence-corrected chi connectivity index (χ2v) is 6.66. The van der Waals surface area contributed by atoms with Crippen LogP contribution in [0, 0.1) is 5.82 Å². The van der Waals surface area contributed by atoms with Crippen molar-refractivity contribution in [2.75, 3.05) is 5.32 Å². The van der Waals surface area contributed by atoms with Crippen LogP contribution < -0.4 is 10.9 Å².